The van der Waals surface area contributed by atoms with E-state index in [1.807, 2.05) is 0 Å². The Labute approximate surface area is 68.4 Å². The summed E-state index contributed by atoms with van der Waals surface area (Å²) in [7, 11) is 0. The number of nitro groups is 1. The molecule has 0 fully saturated rings. The third kappa shape index (κ3) is 1.32. The average molecular weight is 163 g/mol. The number of hydrogen-bond acceptors (Lipinski definition) is 4. The molecule has 0 aliphatic rings. The molecule has 12 heavy (non-hydrogen) atoms. The van der Waals surface area contributed by atoms with Gasteiger partial charge in [-0.2, -0.15) is 0 Å². The number of nitrogen functional groups attached to an aromatic ring is 1. The number of hydrogen-bond donors (Lipinski definition) is 1. The summed E-state index contributed by atoms with van der Waals surface area (Å²) in [6.07, 6.45) is 6.09. The molecular formula is C7H5N3O2. The van der Waals surface area contributed by atoms with Gasteiger partial charge in [0.05, 0.1) is 10.5 Å². The SMILES string of the molecule is C#Cc1cc([N+](=O)[O-])cnc1N. The molecule has 60 valence electrons. The zero-order valence-corrected chi connectivity index (χ0v) is 6.02. The van der Waals surface area contributed by atoms with Gasteiger partial charge in [-0.15, -0.1) is 6.42 Å². The number of terminal acetylenes is 1. The molecule has 1 heterocycles. The van der Waals surface area contributed by atoms with Gasteiger partial charge >= 0.3 is 0 Å². The lowest BCUT2D eigenvalue weighted by Crippen LogP contribution is -1.96. The van der Waals surface area contributed by atoms with Crippen LogP contribution in [-0.2, 0) is 0 Å². The van der Waals surface area contributed by atoms with E-state index in [1.165, 1.54) is 6.07 Å². The first kappa shape index (κ1) is 8.01. The van der Waals surface area contributed by atoms with Gasteiger partial charge in [-0.1, -0.05) is 5.92 Å². The van der Waals surface area contributed by atoms with E-state index in [9.17, 15) is 10.1 Å². The predicted octanol–water partition coefficient (Wildman–Crippen LogP) is 0.553. The molecule has 1 aromatic rings. The summed E-state index contributed by atoms with van der Waals surface area (Å²) in [4.78, 5) is 13.2. The molecule has 5 heteroatoms. The van der Waals surface area contributed by atoms with Crippen LogP contribution < -0.4 is 5.73 Å². The van der Waals surface area contributed by atoms with Gasteiger partial charge in [-0.25, -0.2) is 4.98 Å². The summed E-state index contributed by atoms with van der Waals surface area (Å²) >= 11 is 0. The van der Waals surface area contributed by atoms with E-state index in [-0.39, 0.29) is 17.1 Å². The largest absolute Gasteiger partial charge is 0.383 e. The molecule has 0 atom stereocenters. The van der Waals surface area contributed by atoms with Crippen molar-refractivity contribution in [3.05, 3.63) is 27.9 Å². The van der Waals surface area contributed by atoms with E-state index in [0.29, 0.717) is 0 Å². The Hall–Kier alpha value is -2.09. The molecule has 0 aliphatic carbocycles. The molecule has 0 bridgehead atoms. The summed E-state index contributed by atoms with van der Waals surface area (Å²) in [6, 6.07) is 1.21. The van der Waals surface area contributed by atoms with Crippen molar-refractivity contribution >= 4 is 11.5 Å². The first-order valence-electron chi connectivity index (χ1n) is 3.01. The van der Waals surface area contributed by atoms with Crippen LogP contribution in [0.5, 0.6) is 0 Å². The lowest BCUT2D eigenvalue weighted by molar-refractivity contribution is -0.385. The Balaban J connectivity index is 3.25. The molecule has 0 aliphatic heterocycles. The fraction of sp³-hybridized carbons (Fsp3) is 0. The maximum absolute atomic E-state index is 10.2. The number of nitrogens with two attached hydrogens (primary N) is 1. The van der Waals surface area contributed by atoms with Crippen LogP contribution in [0.3, 0.4) is 0 Å². The molecule has 0 unspecified atom stereocenters. The highest BCUT2D eigenvalue weighted by atomic mass is 16.6. The smallest absolute Gasteiger partial charge is 0.288 e. The number of aromatic nitrogens is 1. The van der Waals surface area contributed by atoms with Crippen molar-refractivity contribution in [3.8, 4) is 12.3 Å². The van der Waals surface area contributed by atoms with Crippen molar-refractivity contribution in [2.75, 3.05) is 5.73 Å². The topological polar surface area (TPSA) is 82.0 Å². The molecule has 1 rings (SSSR count). The highest BCUT2D eigenvalue weighted by Gasteiger charge is 2.08. The molecule has 1 aromatic heterocycles. The van der Waals surface area contributed by atoms with Crippen molar-refractivity contribution in [2.24, 2.45) is 0 Å². The van der Waals surface area contributed by atoms with Crippen LogP contribution in [0.2, 0.25) is 0 Å². The quantitative estimate of drug-likeness (QED) is 0.372. The van der Waals surface area contributed by atoms with Gasteiger partial charge in [-0.05, 0) is 0 Å². The van der Waals surface area contributed by atoms with Gasteiger partial charge in [0, 0.05) is 6.07 Å². The Morgan fingerprint density at radius 2 is 2.42 bits per heavy atom. The lowest BCUT2D eigenvalue weighted by Gasteiger charge is -1.95. The van der Waals surface area contributed by atoms with Crippen LogP contribution >= 0.6 is 0 Å². The summed E-state index contributed by atoms with van der Waals surface area (Å²) in [5, 5.41) is 10.2. The van der Waals surface area contributed by atoms with Gasteiger partial charge in [0.25, 0.3) is 5.69 Å². The number of rotatable bonds is 1. The zero-order valence-electron chi connectivity index (χ0n) is 6.02. The van der Waals surface area contributed by atoms with Crippen molar-refractivity contribution in [1.29, 1.82) is 0 Å². The first-order chi connectivity index (χ1) is 5.65. The number of anilines is 1. The summed E-state index contributed by atoms with van der Waals surface area (Å²) in [6.45, 7) is 0. The standard InChI is InChI=1S/C7H5N3O2/c1-2-5-3-6(10(11)12)4-9-7(5)8/h1,3-4H,(H2,8,9). The number of pyridine rings is 1. The van der Waals surface area contributed by atoms with Crippen LogP contribution in [-0.4, -0.2) is 9.91 Å². The van der Waals surface area contributed by atoms with Gasteiger partial charge in [0.2, 0.25) is 0 Å². The first-order valence-corrected chi connectivity index (χ1v) is 3.01. The molecular weight excluding hydrogens is 158 g/mol. The molecule has 0 saturated heterocycles. The van der Waals surface area contributed by atoms with E-state index in [2.05, 4.69) is 10.9 Å². The van der Waals surface area contributed by atoms with Gasteiger partial charge in [0.1, 0.15) is 12.0 Å². The second kappa shape index (κ2) is 2.88. The molecule has 2 N–H and O–H groups in total. The minimum Gasteiger partial charge on any atom is -0.383 e. The maximum atomic E-state index is 10.2. The Morgan fingerprint density at radius 3 is 2.92 bits per heavy atom. The van der Waals surface area contributed by atoms with Crippen molar-refractivity contribution in [2.45, 2.75) is 0 Å². The molecule has 0 saturated carbocycles. The average Bonchev–Trinajstić information content (AvgIpc) is 2.05. The second-order valence-corrected chi connectivity index (χ2v) is 2.03. The summed E-state index contributed by atoms with van der Waals surface area (Å²) < 4.78 is 0. The van der Waals surface area contributed by atoms with E-state index in [0.717, 1.165) is 6.20 Å². The summed E-state index contributed by atoms with van der Waals surface area (Å²) in [5.41, 5.74) is 5.41. The van der Waals surface area contributed by atoms with Crippen molar-refractivity contribution in [1.82, 2.24) is 4.98 Å². The minimum absolute atomic E-state index is 0.128. The van der Waals surface area contributed by atoms with Gasteiger partial charge in [0.15, 0.2) is 0 Å². The minimum atomic E-state index is -0.576. The normalized spacial score (nSPS) is 8.92. The highest BCUT2D eigenvalue weighted by molar-refractivity contribution is 5.53. The molecule has 0 radical (unpaired) electrons. The fourth-order valence-electron chi connectivity index (χ4n) is 0.680. The van der Waals surface area contributed by atoms with E-state index < -0.39 is 4.92 Å². The van der Waals surface area contributed by atoms with Crippen LogP contribution in [0.15, 0.2) is 12.3 Å². The van der Waals surface area contributed by atoms with Crippen molar-refractivity contribution in [3.63, 3.8) is 0 Å². The van der Waals surface area contributed by atoms with Crippen LogP contribution in [0, 0.1) is 22.5 Å². The summed E-state index contributed by atoms with van der Waals surface area (Å²) in [5.74, 6) is 2.33. The zero-order chi connectivity index (χ0) is 9.14. The maximum Gasteiger partial charge on any atom is 0.288 e. The van der Waals surface area contributed by atoms with Crippen molar-refractivity contribution < 1.29 is 4.92 Å². The van der Waals surface area contributed by atoms with Crippen LogP contribution in [0.4, 0.5) is 11.5 Å². The molecule has 0 aromatic carbocycles. The van der Waals surface area contributed by atoms with Gasteiger partial charge < -0.3 is 5.73 Å². The van der Waals surface area contributed by atoms with E-state index in [4.69, 9.17) is 12.2 Å². The molecule has 0 amide bonds. The second-order valence-electron chi connectivity index (χ2n) is 2.03. The van der Waals surface area contributed by atoms with Crippen LogP contribution in [0.25, 0.3) is 0 Å². The van der Waals surface area contributed by atoms with Crippen LogP contribution in [0.1, 0.15) is 5.56 Å². The number of nitrogens with zero attached hydrogens (tertiary/aromatic N) is 2. The highest BCUT2D eigenvalue weighted by Crippen LogP contribution is 2.14. The third-order valence-electron chi connectivity index (χ3n) is 1.27. The monoisotopic (exact) mass is 163 g/mol. The molecule has 5 nitrogen and oxygen atoms in total. The fourth-order valence-corrected chi connectivity index (χ4v) is 0.680. The third-order valence-corrected chi connectivity index (χ3v) is 1.27. The Kier molecular flexibility index (Phi) is 1.92. The predicted molar refractivity (Wildman–Crippen MR) is 43.2 cm³/mol. The van der Waals surface area contributed by atoms with Gasteiger partial charge in [-0.3, -0.25) is 10.1 Å². The van der Waals surface area contributed by atoms with E-state index in [1.54, 1.807) is 0 Å². The Morgan fingerprint density at radius 1 is 1.75 bits per heavy atom. The molecule has 0 spiro atoms. The van der Waals surface area contributed by atoms with E-state index >= 15 is 0 Å². The lowest BCUT2D eigenvalue weighted by atomic mass is 10.2. The Bertz CT molecular complexity index is 367.